The Balaban J connectivity index is 0.00000312. The molecule has 0 bridgehead atoms. The molecule has 142 valence electrons. The molecule has 1 aliphatic heterocycles. The van der Waals surface area contributed by atoms with Crippen molar-refractivity contribution in [1.82, 2.24) is 15.5 Å². The predicted octanol–water partition coefficient (Wildman–Crippen LogP) is 2.30. The molecule has 1 aliphatic rings. The maximum Gasteiger partial charge on any atom is 0.405 e. The summed E-state index contributed by atoms with van der Waals surface area (Å²) in [5, 5.41) is 5.32. The summed E-state index contributed by atoms with van der Waals surface area (Å²) in [4.78, 5) is 13.4. The summed E-state index contributed by atoms with van der Waals surface area (Å²) in [5.41, 5.74) is 0.167. The van der Waals surface area contributed by atoms with Gasteiger partial charge in [-0.3, -0.25) is 9.69 Å². The first-order chi connectivity index (χ1) is 11.3. The summed E-state index contributed by atoms with van der Waals surface area (Å²) in [6.07, 6.45) is -4.44. The smallest absolute Gasteiger partial charge is 0.354 e. The van der Waals surface area contributed by atoms with E-state index in [-0.39, 0.29) is 31.1 Å². The van der Waals surface area contributed by atoms with Gasteiger partial charge in [-0.2, -0.15) is 13.2 Å². The number of nitrogens with one attached hydrogen (secondary N) is 2. The van der Waals surface area contributed by atoms with Crippen molar-refractivity contribution in [2.45, 2.75) is 25.1 Å². The van der Waals surface area contributed by atoms with E-state index in [2.05, 4.69) is 10.6 Å². The van der Waals surface area contributed by atoms with E-state index in [1.807, 2.05) is 0 Å². The molecular weight excluding hydrogens is 362 g/mol. The minimum Gasteiger partial charge on any atom is -0.354 e. The van der Waals surface area contributed by atoms with Crippen LogP contribution in [0.5, 0.6) is 0 Å². The van der Waals surface area contributed by atoms with Gasteiger partial charge in [-0.15, -0.1) is 12.4 Å². The number of carbonyl (C=O) groups excluding carboxylic acids is 1. The van der Waals surface area contributed by atoms with Crippen LogP contribution >= 0.6 is 12.4 Å². The Morgan fingerprint density at radius 1 is 1.28 bits per heavy atom. The van der Waals surface area contributed by atoms with E-state index in [1.165, 1.54) is 30.0 Å². The Hall–Kier alpha value is -1.38. The Morgan fingerprint density at radius 3 is 2.44 bits per heavy atom. The maximum absolute atomic E-state index is 13.7. The van der Waals surface area contributed by atoms with Crippen molar-refractivity contribution in [2.24, 2.45) is 0 Å². The molecule has 1 fully saturated rings. The van der Waals surface area contributed by atoms with Crippen molar-refractivity contribution in [2.75, 3.05) is 32.7 Å². The van der Waals surface area contributed by atoms with Gasteiger partial charge in [0.25, 0.3) is 0 Å². The molecule has 1 aromatic rings. The van der Waals surface area contributed by atoms with Crippen molar-refractivity contribution in [3.05, 3.63) is 35.6 Å². The van der Waals surface area contributed by atoms with Gasteiger partial charge >= 0.3 is 6.18 Å². The Labute approximate surface area is 150 Å². The SMILES string of the molecule is CC(C(=O)NCC(N1CCNCC1)C(F)(F)F)c1ccccc1F.Cl. The molecule has 2 unspecified atom stereocenters. The van der Waals surface area contributed by atoms with Gasteiger partial charge in [0.1, 0.15) is 11.9 Å². The number of nitrogens with zero attached hydrogens (tertiary/aromatic N) is 1. The number of hydrogen-bond acceptors (Lipinski definition) is 3. The normalized spacial score (nSPS) is 18.1. The number of carbonyl (C=O) groups is 1. The molecule has 4 nitrogen and oxygen atoms in total. The first kappa shape index (κ1) is 21.7. The summed E-state index contributed by atoms with van der Waals surface area (Å²) in [5.74, 6) is -2.03. The van der Waals surface area contributed by atoms with E-state index in [9.17, 15) is 22.4 Å². The molecule has 25 heavy (non-hydrogen) atoms. The third-order valence-electron chi connectivity index (χ3n) is 4.20. The number of hydrogen-bond donors (Lipinski definition) is 2. The monoisotopic (exact) mass is 383 g/mol. The molecule has 0 aromatic heterocycles. The highest BCUT2D eigenvalue weighted by molar-refractivity contribution is 5.85. The fourth-order valence-electron chi connectivity index (χ4n) is 2.76. The van der Waals surface area contributed by atoms with E-state index in [0.717, 1.165) is 0 Å². The van der Waals surface area contributed by atoms with Crippen molar-refractivity contribution in [3.8, 4) is 0 Å². The van der Waals surface area contributed by atoms with Crippen LogP contribution in [0, 0.1) is 5.82 Å². The second kappa shape index (κ2) is 9.35. The summed E-state index contributed by atoms with van der Waals surface area (Å²) in [7, 11) is 0. The van der Waals surface area contributed by atoms with Gasteiger partial charge in [-0.1, -0.05) is 18.2 Å². The Bertz CT molecular complexity index is 565. The van der Waals surface area contributed by atoms with Crippen molar-refractivity contribution in [3.63, 3.8) is 0 Å². The topological polar surface area (TPSA) is 44.4 Å². The number of amides is 1. The minimum atomic E-state index is -4.44. The highest BCUT2D eigenvalue weighted by Crippen LogP contribution is 2.25. The molecule has 1 aromatic carbocycles. The van der Waals surface area contributed by atoms with Gasteiger partial charge in [0.05, 0.1) is 5.92 Å². The molecule has 0 aliphatic carbocycles. The first-order valence-electron chi connectivity index (χ1n) is 7.84. The standard InChI is InChI=1S/C16H21F4N3O.ClH/c1-11(12-4-2-3-5-13(12)17)15(24)22-10-14(16(18,19)20)23-8-6-21-7-9-23;/h2-5,11,14,21H,6-10H2,1H3,(H,22,24);1H. The lowest BCUT2D eigenvalue weighted by Crippen LogP contribution is -2.57. The number of piperazine rings is 1. The summed E-state index contributed by atoms with van der Waals surface area (Å²) >= 11 is 0. The summed E-state index contributed by atoms with van der Waals surface area (Å²) in [6.45, 7) is 2.42. The minimum absolute atomic E-state index is 0. The fourth-order valence-corrected chi connectivity index (χ4v) is 2.76. The molecule has 1 amide bonds. The highest BCUT2D eigenvalue weighted by Gasteiger charge is 2.44. The van der Waals surface area contributed by atoms with Crippen LogP contribution in [0.1, 0.15) is 18.4 Å². The molecule has 0 spiro atoms. The molecule has 1 heterocycles. The van der Waals surface area contributed by atoms with Crippen LogP contribution in [0.2, 0.25) is 0 Å². The lowest BCUT2D eigenvalue weighted by Gasteiger charge is -2.36. The number of alkyl halides is 3. The molecular formula is C16H22ClF4N3O. The maximum atomic E-state index is 13.7. The van der Waals surface area contributed by atoms with E-state index in [4.69, 9.17) is 0 Å². The second-order valence-corrected chi connectivity index (χ2v) is 5.83. The third kappa shape index (κ3) is 5.83. The molecule has 0 radical (unpaired) electrons. The van der Waals surface area contributed by atoms with Gasteiger partial charge in [0, 0.05) is 32.7 Å². The van der Waals surface area contributed by atoms with E-state index in [1.54, 1.807) is 6.07 Å². The third-order valence-corrected chi connectivity index (χ3v) is 4.20. The highest BCUT2D eigenvalue weighted by atomic mass is 35.5. The van der Waals surface area contributed by atoms with Gasteiger partial charge in [-0.25, -0.2) is 4.39 Å². The van der Waals surface area contributed by atoms with Gasteiger partial charge in [-0.05, 0) is 18.6 Å². The van der Waals surface area contributed by atoms with Crippen LogP contribution in [-0.2, 0) is 4.79 Å². The van der Waals surface area contributed by atoms with Crippen LogP contribution in [0.3, 0.4) is 0 Å². The molecule has 9 heteroatoms. The fraction of sp³-hybridized carbons (Fsp3) is 0.562. The lowest BCUT2D eigenvalue weighted by molar-refractivity contribution is -0.184. The van der Waals surface area contributed by atoms with Crippen LogP contribution in [0.4, 0.5) is 17.6 Å². The van der Waals surface area contributed by atoms with E-state index in [0.29, 0.717) is 13.1 Å². The second-order valence-electron chi connectivity index (χ2n) is 5.83. The van der Waals surface area contributed by atoms with Crippen molar-refractivity contribution in [1.29, 1.82) is 0 Å². The summed E-state index contributed by atoms with van der Waals surface area (Å²) in [6, 6.07) is 4.01. The number of rotatable bonds is 5. The van der Waals surface area contributed by atoms with Crippen LogP contribution in [0.15, 0.2) is 24.3 Å². The molecule has 2 rings (SSSR count). The average molecular weight is 384 g/mol. The predicted molar refractivity (Wildman–Crippen MR) is 89.4 cm³/mol. The molecule has 1 saturated heterocycles. The number of halogens is 5. The lowest BCUT2D eigenvalue weighted by atomic mass is 9.99. The zero-order chi connectivity index (χ0) is 17.7. The zero-order valence-electron chi connectivity index (χ0n) is 13.8. The van der Waals surface area contributed by atoms with Gasteiger partial charge in [0.2, 0.25) is 5.91 Å². The van der Waals surface area contributed by atoms with Gasteiger partial charge < -0.3 is 10.6 Å². The average Bonchev–Trinajstić information content (AvgIpc) is 2.54. The molecule has 2 N–H and O–H groups in total. The Morgan fingerprint density at radius 2 is 1.88 bits per heavy atom. The Kier molecular flexibility index (Phi) is 8.11. The van der Waals surface area contributed by atoms with Crippen molar-refractivity contribution >= 4 is 18.3 Å². The quantitative estimate of drug-likeness (QED) is 0.767. The zero-order valence-corrected chi connectivity index (χ0v) is 14.6. The van der Waals surface area contributed by atoms with Crippen molar-refractivity contribution < 1.29 is 22.4 Å². The molecule has 0 saturated carbocycles. The molecule has 2 atom stereocenters. The number of benzene rings is 1. The van der Waals surface area contributed by atoms with Crippen LogP contribution < -0.4 is 10.6 Å². The van der Waals surface area contributed by atoms with Crippen LogP contribution in [0.25, 0.3) is 0 Å². The van der Waals surface area contributed by atoms with Crippen LogP contribution in [-0.4, -0.2) is 55.7 Å². The summed E-state index contributed by atoms with van der Waals surface area (Å²) < 4.78 is 53.5. The largest absolute Gasteiger partial charge is 0.405 e. The van der Waals surface area contributed by atoms with E-state index >= 15 is 0 Å². The van der Waals surface area contributed by atoms with E-state index < -0.39 is 36.4 Å². The van der Waals surface area contributed by atoms with Gasteiger partial charge in [0.15, 0.2) is 0 Å². The first-order valence-corrected chi connectivity index (χ1v) is 7.84.